The average molecular weight is 177 g/mol. The predicted octanol–water partition coefficient (Wildman–Crippen LogP) is 1.83. The van der Waals surface area contributed by atoms with E-state index in [1.165, 1.54) is 0 Å². The van der Waals surface area contributed by atoms with Gasteiger partial charge in [0.2, 0.25) is 0 Å². The van der Waals surface area contributed by atoms with Crippen molar-refractivity contribution in [3.63, 3.8) is 0 Å². The van der Waals surface area contributed by atoms with E-state index in [9.17, 15) is 0 Å². The van der Waals surface area contributed by atoms with Gasteiger partial charge in [-0.05, 0) is 13.0 Å². The monoisotopic (exact) mass is 176 g/mol. The lowest BCUT2D eigenvalue weighted by Crippen LogP contribution is -1.91. The first-order valence-electron chi connectivity index (χ1n) is 2.34. The highest BCUT2D eigenvalue weighted by atomic mass is 79.9. The summed E-state index contributed by atoms with van der Waals surface area (Å²) in [4.78, 5) is 0. The Labute approximate surface area is 57.8 Å². The highest BCUT2D eigenvalue weighted by molar-refractivity contribution is 9.11. The number of hydrogen-bond acceptors (Lipinski definition) is 1. The summed E-state index contributed by atoms with van der Waals surface area (Å²) < 4.78 is 0.826. The molecule has 0 aliphatic rings. The van der Waals surface area contributed by atoms with Crippen LogP contribution in [0.15, 0.2) is 23.2 Å². The van der Waals surface area contributed by atoms with E-state index in [0.29, 0.717) is 0 Å². The van der Waals surface area contributed by atoms with Crippen molar-refractivity contribution in [2.45, 2.75) is 13.0 Å². The van der Waals surface area contributed by atoms with E-state index in [1.54, 1.807) is 19.1 Å². The molecule has 0 amide bonds. The average Bonchev–Trinajstić information content (AvgIpc) is 1.65. The Morgan fingerprint density at radius 2 is 2.38 bits per heavy atom. The van der Waals surface area contributed by atoms with Crippen LogP contribution < -0.4 is 0 Å². The number of rotatable bonds is 2. The summed E-state index contributed by atoms with van der Waals surface area (Å²) in [7, 11) is 0. The molecule has 0 saturated carbocycles. The van der Waals surface area contributed by atoms with Crippen LogP contribution in [0.1, 0.15) is 6.92 Å². The smallest absolute Gasteiger partial charge is 0.0706 e. The molecular weight excluding hydrogens is 168 g/mol. The molecule has 0 radical (unpaired) electrons. The first kappa shape index (κ1) is 7.92. The minimum Gasteiger partial charge on any atom is -0.389 e. The second-order valence-corrected chi connectivity index (χ2v) is 2.41. The van der Waals surface area contributed by atoms with Crippen LogP contribution >= 0.6 is 15.9 Å². The maximum atomic E-state index is 8.70. The number of hydrogen-bond donors (Lipinski definition) is 1. The van der Waals surface area contributed by atoms with Crippen molar-refractivity contribution in [1.29, 1.82) is 0 Å². The fraction of sp³-hybridized carbons (Fsp3) is 0.333. The van der Waals surface area contributed by atoms with Crippen molar-refractivity contribution < 1.29 is 5.11 Å². The van der Waals surface area contributed by atoms with E-state index in [0.717, 1.165) is 4.48 Å². The molecule has 0 spiro atoms. The maximum Gasteiger partial charge on any atom is 0.0706 e. The van der Waals surface area contributed by atoms with E-state index >= 15 is 0 Å². The summed E-state index contributed by atoms with van der Waals surface area (Å²) in [6.07, 6.45) is 2.89. The van der Waals surface area contributed by atoms with Crippen LogP contribution in [0, 0.1) is 0 Å². The van der Waals surface area contributed by atoms with Gasteiger partial charge in [-0.15, -0.1) is 0 Å². The van der Waals surface area contributed by atoms with E-state index in [-0.39, 0.29) is 0 Å². The predicted molar refractivity (Wildman–Crippen MR) is 38.9 cm³/mol. The Bertz CT molecular complexity index is 105. The summed E-state index contributed by atoms with van der Waals surface area (Å²) >= 11 is 3.16. The molecule has 46 valence electrons. The van der Waals surface area contributed by atoms with Crippen LogP contribution in [0.5, 0.6) is 0 Å². The molecular formula is C6H9BrO. The quantitative estimate of drug-likeness (QED) is 0.638. The van der Waals surface area contributed by atoms with Gasteiger partial charge in [-0.2, -0.15) is 0 Å². The highest BCUT2D eigenvalue weighted by Crippen LogP contribution is 2.05. The van der Waals surface area contributed by atoms with Crippen molar-refractivity contribution in [2.75, 3.05) is 0 Å². The molecule has 8 heavy (non-hydrogen) atoms. The summed E-state index contributed by atoms with van der Waals surface area (Å²) in [5, 5.41) is 8.70. The molecule has 0 fully saturated rings. The minimum atomic E-state index is -0.401. The molecule has 0 saturated heterocycles. The molecule has 0 heterocycles. The second kappa shape index (κ2) is 3.87. The number of aliphatic hydroxyl groups excluding tert-OH is 1. The highest BCUT2D eigenvalue weighted by Gasteiger charge is 1.87. The van der Waals surface area contributed by atoms with Crippen molar-refractivity contribution >= 4 is 15.9 Å². The molecule has 0 aliphatic heterocycles. The molecule has 1 N–H and O–H groups in total. The third-order valence-electron chi connectivity index (χ3n) is 0.595. The Morgan fingerprint density at radius 3 is 2.50 bits per heavy atom. The van der Waals surface area contributed by atoms with E-state index in [1.807, 2.05) is 0 Å². The van der Waals surface area contributed by atoms with E-state index < -0.39 is 6.10 Å². The number of halogens is 1. The van der Waals surface area contributed by atoms with Crippen molar-refractivity contribution in [3.05, 3.63) is 23.2 Å². The van der Waals surface area contributed by atoms with Crippen LogP contribution in [0.3, 0.4) is 0 Å². The SMILES string of the molecule is C=C/C(Br)=C\C(C)O. The third-order valence-corrected chi connectivity index (χ3v) is 1.18. The van der Waals surface area contributed by atoms with Gasteiger partial charge in [-0.1, -0.05) is 28.6 Å². The maximum absolute atomic E-state index is 8.70. The molecule has 1 atom stereocenters. The summed E-state index contributed by atoms with van der Waals surface area (Å²) in [5.41, 5.74) is 0. The first-order chi connectivity index (χ1) is 3.66. The van der Waals surface area contributed by atoms with E-state index in [2.05, 4.69) is 22.5 Å². The van der Waals surface area contributed by atoms with Crippen molar-refractivity contribution in [1.82, 2.24) is 0 Å². The Kier molecular flexibility index (Phi) is 3.83. The Hall–Kier alpha value is -0.0800. The van der Waals surface area contributed by atoms with E-state index in [4.69, 9.17) is 5.11 Å². The molecule has 0 aliphatic carbocycles. The van der Waals surface area contributed by atoms with Gasteiger partial charge in [0.25, 0.3) is 0 Å². The molecule has 2 heteroatoms. The molecule has 0 aromatic rings. The van der Waals surface area contributed by atoms with Crippen molar-refractivity contribution in [3.8, 4) is 0 Å². The molecule has 0 rings (SSSR count). The fourth-order valence-electron chi connectivity index (χ4n) is 0.298. The lowest BCUT2D eigenvalue weighted by molar-refractivity contribution is 0.244. The molecule has 0 aromatic carbocycles. The molecule has 1 unspecified atom stereocenters. The van der Waals surface area contributed by atoms with Crippen LogP contribution in [0.25, 0.3) is 0 Å². The fourth-order valence-corrected chi connectivity index (χ4v) is 0.681. The van der Waals surface area contributed by atoms with Gasteiger partial charge in [-0.3, -0.25) is 0 Å². The zero-order chi connectivity index (χ0) is 6.57. The van der Waals surface area contributed by atoms with Gasteiger partial charge in [0.05, 0.1) is 6.10 Å². The molecule has 1 nitrogen and oxygen atoms in total. The lowest BCUT2D eigenvalue weighted by atomic mass is 10.3. The second-order valence-electron chi connectivity index (χ2n) is 1.50. The summed E-state index contributed by atoms with van der Waals surface area (Å²) in [5.74, 6) is 0. The van der Waals surface area contributed by atoms with Gasteiger partial charge in [-0.25, -0.2) is 0 Å². The van der Waals surface area contributed by atoms with Gasteiger partial charge in [0.15, 0.2) is 0 Å². The topological polar surface area (TPSA) is 20.2 Å². The molecule has 0 bridgehead atoms. The normalized spacial score (nSPS) is 15.6. The Balaban J connectivity index is 3.74. The minimum absolute atomic E-state index is 0.401. The zero-order valence-corrected chi connectivity index (χ0v) is 6.35. The zero-order valence-electron chi connectivity index (χ0n) is 4.76. The third kappa shape index (κ3) is 4.09. The van der Waals surface area contributed by atoms with Crippen LogP contribution in [0.2, 0.25) is 0 Å². The van der Waals surface area contributed by atoms with Crippen molar-refractivity contribution in [2.24, 2.45) is 0 Å². The van der Waals surface area contributed by atoms with Gasteiger partial charge in [0.1, 0.15) is 0 Å². The number of aliphatic hydroxyl groups is 1. The number of allylic oxidation sites excluding steroid dienone is 2. The van der Waals surface area contributed by atoms with Gasteiger partial charge < -0.3 is 5.11 Å². The largest absolute Gasteiger partial charge is 0.389 e. The standard InChI is InChI=1S/C6H9BrO/c1-3-6(7)4-5(2)8/h3-5,8H,1H2,2H3/b6-4+. The van der Waals surface area contributed by atoms with Gasteiger partial charge in [0, 0.05) is 4.48 Å². The van der Waals surface area contributed by atoms with Crippen LogP contribution in [-0.2, 0) is 0 Å². The molecule has 0 aromatic heterocycles. The van der Waals surface area contributed by atoms with Gasteiger partial charge >= 0.3 is 0 Å². The van der Waals surface area contributed by atoms with Crippen LogP contribution in [0.4, 0.5) is 0 Å². The first-order valence-corrected chi connectivity index (χ1v) is 3.14. The summed E-state index contributed by atoms with van der Waals surface area (Å²) in [6.45, 7) is 5.17. The Morgan fingerprint density at radius 1 is 1.88 bits per heavy atom. The van der Waals surface area contributed by atoms with Crippen LogP contribution in [-0.4, -0.2) is 11.2 Å². The summed E-state index contributed by atoms with van der Waals surface area (Å²) in [6, 6.07) is 0. The lowest BCUT2D eigenvalue weighted by Gasteiger charge is -1.92.